The molecule has 2 aliphatic heterocycles. The van der Waals surface area contributed by atoms with Gasteiger partial charge in [0.25, 0.3) is 5.91 Å². The zero-order valence-electron chi connectivity index (χ0n) is 7.01. The molecule has 5 nitrogen and oxygen atoms in total. The molecule has 0 bridgehead atoms. The quantitative estimate of drug-likeness (QED) is 0.574. The number of benzene rings is 1. The highest BCUT2D eigenvalue weighted by molar-refractivity contribution is 6.27. The molecule has 0 fully saturated rings. The molecule has 2 heterocycles. The molecule has 0 aliphatic carbocycles. The third kappa shape index (κ3) is 0.861. The summed E-state index contributed by atoms with van der Waals surface area (Å²) in [5.74, 6) is -0.341. The molecule has 0 aromatic heterocycles. The standard InChI is InChI=1S/C9H4N4O/c14-8-4-10-7-2-1-6-5(3-11-13-6)9(7)12-8/h1-4H. The number of carbonyl (C=O) groups is 1. The van der Waals surface area contributed by atoms with Crippen LogP contribution in [0.4, 0.5) is 11.4 Å². The van der Waals surface area contributed by atoms with Crippen LogP contribution in [-0.2, 0) is 4.79 Å². The molecule has 2 aliphatic rings. The lowest BCUT2D eigenvalue weighted by molar-refractivity contribution is -0.111. The molecule has 14 heavy (non-hydrogen) atoms. The van der Waals surface area contributed by atoms with Crippen LogP contribution in [0.1, 0.15) is 0 Å². The average molecular weight is 184 g/mol. The summed E-state index contributed by atoms with van der Waals surface area (Å²) in [6, 6.07) is 3.59. The van der Waals surface area contributed by atoms with Crippen LogP contribution in [0.2, 0.25) is 0 Å². The number of azo groups is 1. The van der Waals surface area contributed by atoms with Gasteiger partial charge < -0.3 is 0 Å². The first-order chi connectivity index (χ1) is 6.84. The first-order valence-electron chi connectivity index (χ1n) is 4.05. The topological polar surface area (TPSA) is 66.5 Å². The van der Waals surface area contributed by atoms with Gasteiger partial charge in [-0.15, -0.1) is 0 Å². The smallest absolute Gasteiger partial charge is 0.266 e. The zero-order valence-corrected chi connectivity index (χ0v) is 7.01. The third-order valence-electron chi connectivity index (χ3n) is 2.06. The van der Waals surface area contributed by atoms with E-state index in [1.54, 1.807) is 12.3 Å². The van der Waals surface area contributed by atoms with Gasteiger partial charge in [-0.3, -0.25) is 4.79 Å². The van der Waals surface area contributed by atoms with Gasteiger partial charge in [0.2, 0.25) is 0 Å². The van der Waals surface area contributed by atoms with Crippen LogP contribution in [0.25, 0.3) is 6.20 Å². The van der Waals surface area contributed by atoms with Crippen LogP contribution in [0.5, 0.6) is 0 Å². The molecular formula is C9H4N4O. The summed E-state index contributed by atoms with van der Waals surface area (Å²) in [6.45, 7) is 0. The molecule has 5 heteroatoms. The maximum Gasteiger partial charge on any atom is 0.288 e. The summed E-state index contributed by atoms with van der Waals surface area (Å²) in [5, 5.41) is 8.98. The molecule has 66 valence electrons. The molecule has 0 atom stereocenters. The van der Waals surface area contributed by atoms with Gasteiger partial charge in [0.15, 0.2) is 0 Å². The van der Waals surface area contributed by atoms with Gasteiger partial charge in [-0.1, -0.05) is 0 Å². The Bertz CT molecular complexity index is 612. The second-order valence-corrected chi connectivity index (χ2v) is 2.92. The van der Waals surface area contributed by atoms with Crippen molar-refractivity contribution in [3.05, 3.63) is 22.7 Å². The van der Waals surface area contributed by atoms with E-state index in [2.05, 4.69) is 20.2 Å². The molecule has 0 N–H and O–H groups in total. The summed E-state index contributed by atoms with van der Waals surface area (Å²) in [5.41, 5.74) is 1.42. The van der Waals surface area contributed by atoms with Crippen LogP contribution in [0.15, 0.2) is 32.3 Å². The van der Waals surface area contributed by atoms with Crippen molar-refractivity contribution in [2.24, 2.45) is 20.2 Å². The Kier molecular flexibility index (Phi) is 1.25. The number of hydrogen-bond donors (Lipinski definition) is 0. The van der Waals surface area contributed by atoms with Gasteiger partial charge in [-0.2, -0.15) is 10.2 Å². The summed E-state index contributed by atoms with van der Waals surface area (Å²) in [6.07, 6.45) is 2.80. The number of fused-ring (bicyclic) bond motifs is 3. The van der Waals surface area contributed by atoms with Crippen LogP contribution in [-0.4, -0.2) is 12.1 Å². The Balaban J connectivity index is 2.51. The van der Waals surface area contributed by atoms with E-state index in [1.165, 1.54) is 6.21 Å². The highest BCUT2D eigenvalue weighted by Gasteiger charge is 2.10. The van der Waals surface area contributed by atoms with E-state index < -0.39 is 0 Å². The molecule has 0 radical (unpaired) electrons. The van der Waals surface area contributed by atoms with Crippen molar-refractivity contribution >= 4 is 29.7 Å². The number of nitrogens with zero attached hydrogens (tertiary/aromatic N) is 4. The second-order valence-electron chi connectivity index (χ2n) is 2.92. The fourth-order valence-electron chi connectivity index (χ4n) is 1.43. The van der Waals surface area contributed by atoms with Gasteiger partial charge in [0.05, 0.1) is 29.0 Å². The number of rotatable bonds is 0. The molecule has 1 aromatic rings. The van der Waals surface area contributed by atoms with Crippen molar-refractivity contribution in [1.82, 2.24) is 0 Å². The van der Waals surface area contributed by atoms with Crippen molar-refractivity contribution in [2.75, 3.05) is 0 Å². The maximum absolute atomic E-state index is 11.0. The van der Waals surface area contributed by atoms with Crippen LogP contribution in [0.3, 0.4) is 0 Å². The minimum absolute atomic E-state index is 0.341. The molecular weight excluding hydrogens is 180 g/mol. The highest BCUT2D eigenvalue weighted by atomic mass is 16.1. The zero-order chi connectivity index (χ0) is 9.54. The molecule has 3 rings (SSSR count). The lowest BCUT2D eigenvalue weighted by atomic mass is 10.2. The molecule has 0 saturated carbocycles. The molecule has 0 spiro atoms. The van der Waals surface area contributed by atoms with Crippen molar-refractivity contribution in [3.63, 3.8) is 0 Å². The largest absolute Gasteiger partial charge is 0.288 e. The predicted octanol–water partition coefficient (Wildman–Crippen LogP) is 0.384. The van der Waals surface area contributed by atoms with E-state index in [0.29, 0.717) is 11.0 Å². The number of amides is 1. The van der Waals surface area contributed by atoms with Gasteiger partial charge in [-0.25, -0.2) is 9.98 Å². The number of carbonyl (C=O) groups excluding carboxylic acids is 1. The lowest BCUT2D eigenvalue weighted by Gasteiger charge is -1.99. The van der Waals surface area contributed by atoms with Crippen LogP contribution >= 0.6 is 0 Å². The van der Waals surface area contributed by atoms with Gasteiger partial charge in [0, 0.05) is 0 Å². The molecule has 0 unspecified atom stereocenters. The normalized spacial score (nSPS) is 15.9. The summed E-state index contributed by atoms with van der Waals surface area (Å²) in [4.78, 5) is 18.9. The average Bonchev–Trinajstić information content (AvgIpc) is 2.65. The van der Waals surface area contributed by atoms with E-state index >= 15 is 0 Å². The number of hydrogen-bond acceptors (Lipinski definition) is 4. The maximum atomic E-state index is 11.0. The fourth-order valence-corrected chi connectivity index (χ4v) is 1.43. The highest BCUT2D eigenvalue weighted by Crippen LogP contribution is 2.13. The second kappa shape index (κ2) is 2.41. The van der Waals surface area contributed by atoms with Crippen molar-refractivity contribution < 1.29 is 4.79 Å². The summed E-state index contributed by atoms with van der Waals surface area (Å²) in [7, 11) is 0. The van der Waals surface area contributed by atoms with Crippen molar-refractivity contribution in [2.45, 2.75) is 0 Å². The number of aliphatic imine (C=N–C) groups is 1. The minimum Gasteiger partial charge on any atom is -0.266 e. The summed E-state index contributed by atoms with van der Waals surface area (Å²) < 4.78 is 0. The Morgan fingerprint density at radius 3 is 2.93 bits per heavy atom. The van der Waals surface area contributed by atoms with Gasteiger partial charge >= 0.3 is 0 Å². The third-order valence-corrected chi connectivity index (χ3v) is 2.06. The monoisotopic (exact) mass is 184 g/mol. The lowest BCUT2D eigenvalue weighted by Crippen LogP contribution is -2.28. The van der Waals surface area contributed by atoms with E-state index in [-0.39, 0.29) is 5.91 Å². The Morgan fingerprint density at radius 2 is 2.00 bits per heavy atom. The Hall–Kier alpha value is -2.17. The first kappa shape index (κ1) is 7.25. The van der Waals surface area contributed by atoms with Crippen LogP contribution in [0, 0.1) is 0 Å². The van der Waals surface area contributed by atoms with Crippen molar-refractivity contribution in [3.8, 4) is 0 Å². The Morgan fingerprint density at radius 1 is 1.14 bits per heavy atom. The first-order valence-corrected chi connectivity index (χ1v) is 4.05. The molecule has 0 saturated heterocycles. The predicted molar refractivity (Wildman–Crippen MR) is 49.4 cm³/mol. The van der Waals surface area contributed by atoms with E-state index in [4.69, 9.17) is 0 Å². The van der Waals surface area contributed by atoms with Gasteiger partial charge in [-0.05, 0) is 12.1 Å². The van der Waals surface area contributed by atoms with E-state index in [0.717, 1.165) is 10.9 Å². The van der Waals surface area contributed by atoms with E-state index in [1.807, 2.05) is 6.07 Å². The fraction of sp³-hybridized carbons (Fsp3) is 0. The molecule has 1 aromatic carbocycles. The molecule has 1 amide bonds. The van der Waals surface area contributed by atoms with Crippen molar-refractivity contribution in [1.29, 1.82) is 0 Å². The van der Waals surface area contributed by atoms with Crippen LogP contribution < -0.4 is 10.6 Å². The van der Waals surface area contributed by atoms with E-state index in [9.17, 15) is 4.79 Å². The SMILES string of the molecule is O=C1C=Nc2ccc3c(c2=N1)=CN=N3. The Labute approximate surface area is 78.2 Å². The van der Waals surface area contributed by atoms with Gasteiger partial charge in [0.1, 0.15) is 5.36 Å². The minimum atomic E-state index is -0.341. The summed E-state index contributed by atoms with van der Waals surface area (Å²) >= 11 is 0.